The van der Waals surface area contributed by atoms with Crippen molar-refractivity contribution in [1.82, 2.24) is 30.9 Å². The van der Waals surface area contributed by atoms with Crippen molar-refractivity contribution in [3.8, 4) is 17.1 Å². The van der Waals surface area contributed by atoms with E-state index in [1.54, 1.807) is 0 Å². The zero-order chi connectivity index (χ0) is 25.0. The highest BCUT2D eigenvalue weighted by Crippen LogP contribution is 2.23. The summed E-state index contributed by atoms with van der Waals surface area (Å²) in [6.07, 6.45) is 0. The van der Waals surface area contributed by atoms with Crippen LogP contribution in [0.5, 0.6) is 5.75 Å². The normalized spacial score (nSPS) is 11.0. The summed E-state index contributed by atoms with van der Waals surface area (Å²) in [5.74, 6) is 1.11. The Morgan fingerprint density at radius 3 is 2.54 bits per heavy atom. The first-order valence-corrected chi connectivity index (χ1v) is 11.8. The van der Waals surface area contributed by atoms with Gasteiger partial charge in [0, 0.05) is 23.1 Å². The first kappa shape index (κ1) is 22.4. The molecule has 0 fully saturated rings. The molecule has 1 amide bonds. The van der Waals surface area contributed by atoms with Crippen LogP contribution < -0.4 is 10.1 Å². The van der Waals surface area contributed by atoms with Crippen molar-refractivity contribution in [3.05, 3.63) is 114 Å². The minimum Gasteiger partial charge on any atom is -0.487 e. The van der Waals surface area contributed by atoms with Crippen LogP contribution in [-0.4, -0.2) is 31.5 Å². The van der Waals surface area contributed by atoms with Crippen LogP contribution in [0.3, 0.4) is 0 Å². The lowest BCUT2D eigenvalue weighted by Crippen LogP contribution is -2.22. The van der Waals surface area contributed by atoms with Crippen molar-refractivity contribution >= 4 is 27.6 Å². The van der Waals surface area contributed by atoms with Crippen LogP contribution in [0.25, 0.3) is 33.1 Å². The Hall–Kier alpha value is -5.11. The third-order valence-corrected chi connectivity index (χ3v) is 6.13. The van der Waals surface area contributed by atoms with Gasteiger partial charge in [-0.3, -0.25) is 4.79 Å². The summed E-state index contributed by atoms with van der Waals surface area (Å²) >= 11 is 0. The second-order valence-electron chi connectivity index (χ2n) is 8.62. The van der Waals surface area contributed by atoms with E-state index in [1.807, 2.05) is 91.0 Å². The van der Waals surface area contributed by atoms with Gasteiger partial charge in [0.2, 0.25) is 5.82 Å². The van der Waals surface area contributed by atoms with Crippen molar-refractivity contribution < 1.29 is 9.53 Å². The number of aromatic amines is 1. The zero-order valence-corrected chi connectivity index (χ0v) is 19.8. The van der Waals surface area contributed by atoms with Gasteiger partial charge < -0.3 is 10.1 Å². The number of hydrogen-bond donors (Lipinski definition) is 2. The average molecular weight is 487 g/mol. The number of nitrogens with one attached hydrogen (secondary N) is 2. The van der Waals surface area contributed by atoms with Crippen LogP contribution in [0, 0.1) is 0 Å². The minimum atomic E-state index is -0.143. The third kappa shape index (κ3) is 4.99. The van der Waals surface area contributed by atoms with Gasteiger partial charge in [-0.25, -0.2) is 4.98 Å². The van der Waals surface area contributed by atoms with Crippen LogP contribution in [0.2, 0.25) is 0 Å². The summed E-state index contributed by atoms with van der Waals surface area (Å²) in [7, 11) is 0. The van der Waals surface area contributed by atoms with Crippen LogP contribution in [-0.2, 0) is 13.2 Å². The Balaban J connectivity index is 1.11. The fourth-order valence-electron chi connectivity index (χ4n) is 4.14. The number of ether oxygens (including phenoxy) is 1. The molecule has 0 spiro atoms. The number of tetrazole rings is 1. The molecule has 0 bridgehead atoms. The standard InChI is InChI=1S/C29H22N6O2/c36-29(30-17-19-5-7-22(8-6-19)28-32-34-35-33-28)23-10-9-20-12-14-26(16-24(20)15-23)37-18-25-13-11-21-3-1-2-4-27(21)31-25/h1-16H,17-18H2,(H,30,36)(H,32,33,34,35). The quantitative estimate of drug-likeness (QED) is 0.326. The summed E-state index contributed by atoms with van der Waals surface area (Å²) in [6.45, 7) is 0.771. The van der Waals surface area contributed by atoms with E-state index >= 15 is 0 Å². The topological polar surface area (TPSA) is 106 Å². The molecular weight excluding hydrogens is 464 g/mol. The third-order valence-electron chi connectivity index (χ3n) is 6.13. The molecule has 0 aliphatic heterocycles. The lowest BCUT2D eigenvalue weighted by molar-refractivity contribution is 0.0951. The zero-order valence-electron chi connectivity index (χ0n) is 19.8. The monoisotopic (exact) mass is 486 g/mol. The molecule has 0 unspecified atom stereocenters. The van der Waals surface area contributed by atoms with Crippen LogP contribution >= 0.6 is 0 Å². The first-order valence-electron chi connectivity index (χ1n) is 11.8. The maximum atomic E-state index is 12.8. The Morgan fingerprint density at radius 1 is 0.838 bits per heavy atom. The van der Waals surface area contributed by atoms with Crippen molar-refractivity contribution in [2.45, 2.75) is 13.2 Å². The van der Waals surface area contributed by atoms with Gasteiger partial charge in [-0.1, -0.05) is 60.7 Å². The maximum absolute atomic E-state index is 12.8. The number of pyridine rings is 1. The Kier molecular flexibility index (Phi) is 5.96. The highest BCUT2D eigenvalue weighted by Gasteiger charge is 2.09. The predicted octanol–water partition coefficient (Wildman–Crippen LogP) is 5.08. The van der Waals surface area contributed by atoms with Crippen molar-refractivity contribution in [2.24, 2.45) is 0 Å². The second kappa shape index (κ2) is 9.87. The van der Waals surface area contributed by atoms with Crippen molar-refractivity contribution in [3.63, 3.8) is 0 Å². The molecule has 4 aromatic carbocycles. The molecule has 2 aromatic heterocycles. The molecule has 0 saturated heterocycles. The molecule has 8 heteroatoms. The van der Waals surface area contributed by atoms with Crippen molar-refractivity contribution in [2.75, 3.05) is 0 Å². The van der Waals surface area contributed by atoms with E-state index in [0.29, 0.717) is 24.5 Å². The molecule has 2 N–H and O–H groups in total. The fraction of sp³-hybridized carbons (Fsp3) is 0.0690. The number of hydrogen-bond acceptors (Lipinski definition) is 6. The molecule has 180 valence electrons. The van der Waals surface area contributed by atoms with Crippen LogP contribution in [0.1, 0.15) is 21.6 Å². The number of nitrogens with zero attached hydrogens (tertiary/aromatic N) is 4. The number of carbonyl (C=O) groups excluding carboxylic acids is 1. The van der Waals surface area contributed by atoms with Gasteiger partial charge >= 0.3 is 0 Å². The molecule has 37 heavy (non-hydrogen) atoms. The fourth-order valence-corrected chi connectivity index (χ4v) is 4.14. The molecule has 0 aliphatic rings. The van der Waals surface area contributed by atoms with Gasteiger partial charge in [0.15, 0.2) is 0 Å². The number of carbonyl (C=O) groups is 1. The molecule has 0 atom stereocenters. The number of amides is 1. The van der Waals surface area contributed by atoms with Gasteiger partial charge in [-0.05, 0) is 57.9 Å². The van der Waals surface area contributed by atoms with E-state index in [1.165, 1.54) is 0 Å². The summed E-state index contributed by atoms with van der Waals surface area (Å²) in [6, 6.07) is 31.2. The number of para-hydroxylation sites is 1. The molecule has 0 saturated carbocycles. The molecule has 2 heterocycles. The lowest BCUT2D eigenvalue weighted by atomic mass is 10.1. The Morgan fingerprint density at radius 2 is 1.68 bits per heavy atom. The summed E-state index contributed by atoms with van der Waals surface area (Å²) in [5, 5.41) is 20.0. The van der Waals surface area contributed by atoms with Gasteiger partial charge in [0.05, 0.1) is 11.2 Å². The molecule has 6 aromatic rings. The number of H-pyrrole nitrogens is 1. The Bertz CT molecular complexity index is 1700. The van der Waals surface area contributed by atoms with Gasteiger partial charge in [-0.2, -0.15) is 5.21 Å². The molecule has 8 nitrogen and oxygen atoms in total. The number of benzene rings is 4. The van der Waals surface area contributed by atoms with Crippen LogP contribution in [0.4, 0.5) is 0 Å². The summed E-state index contributed by atoms with van der Waals surface area (Å²) in [5.41, 5.74) is 4.22. The highest BCUT2D eigenvalue weighted by atomic mass is 16.5. The first-order chi connectivity index (χ1) is 18.2. The highest BCUT2D eigenvalue weighted by molar-refractivity contribution is 5.98. The largest absolute Gasteiger partial charge is 0.487 e. The second-order valence-corrected chi connectivity index (χ2v) is 8.62. The minimum absolute atomic E-state index is 0.143. The summed E-state index contributed by atoms with van der Waals surface area (Å²) in [4.78, 5) is 17.5. The van der Waals surface area contributed by atoms with Gasteiger partial charge in [-0.15, -0.1) is 10.2 Å². The molecule has 6 rings (SSSR count). The SMILES string of the molecule is O=C(NCc1ccc(-c2nn[nH]n2)cc1)c1ccc2ccc(OCc3ccc4ccccc4n3)cc2c1. The van der Waals surface area contributed by atoms with Gasteiger partial charge in [0.25, 0.3) is 5.91 Å². The summed E-state index contributed by atoms with van der Waals surface area (Å²) < 4.78 is 6.01. The smallest absolute Gasteiger partial charge is 0.251 e. The van der Waals surface area contributed by atoms with Crippen LogP contribution in [0.15, 0.2) is 97.1 Å². The lowest BCUT2D eigenvalue weighted by Gasteiger charge is -2.10. The van der Waals surface area contributed by atoms with E-state index in [-0.39, 0.29) is 5.91 Å². The van der Waals surface area contributed by atoms with E-state index < -0.39 is 0 Å². The van der Waals surface area contributed by atoms with E-state index in [9.17, 15) is 4.79 Å². The van der Waals surface area contributed by atoms with Crippen molar-refractivity contribution in [1.29, 1.82) is 0 Å². The number of fused-ring (bicyclic) bond motifs is 2. The number of rotatable bonds is 7. The van der Waals surface area contributed by atoms with Gasteiger partial charge in [0.1, 0.15) is 12.4 Å². The molecule has 0 radical (unpaired) electrons. The molecule has 0 aliphatic carbocycles. The number of aromatic nitrogens is 5. The van der Waals surface area contributed by atoms with E-state index in [0.717, 1.165) is 44.2 Å². The molecular formula is C29H22N6O2. The predicted molar refractivity (Wildman–Crippen MR) is 141 cm³/mol. The average Bonchev–Trinajstić information content (AvgIpc) is 3.50. The van der Waals surface area contributed by atoms with E-state index in [4.69, 9.17) is 4.74 Å². The maximum Gasteiger partial charge on any atom is 0.251 e. The Labute approximate surface area is 212 Å². The van der Waals surface area contributed by atoms with E-state index in [2.05, 4.69) is 37.0 Å².